The van der Waals surface area contributed by atoms with Crippen LogP contribution in [0.3, 0.4) is 0 Å². The highest BCUT2D eigenvalue weighted by atomic mass is 16.3. The van der Waals surface area contributed by atoms with Crippen molar-refractivity contribution in [2.24, 2.45) is 10.7 Å². The Hall–Kier alpha value is -2.32. The molecule has 0 radical (unpaired) electrons. The molecular weight excluding hydrogens is 242 g/mol. The van der Waals surface area contributed by atoms with E-state index in [9.17, 15) is 4.79 Å². The zero-order valence-electron chi connectivity index (χ0n) is 10.6. The van der Waals surface area contributed by atoms with Gasteiger partial charge in [-0.05, 0) is 31.4 Å². The monoisotopic (exact) mass is 257 g/mol. The fourth-order valence-electron chi connectivity index (χ4n) is 1.48. The van der Waals surface area contributed by atoms with Crippen LogP contribution in [0.2, 0.25) is 0 Å². The lowest BCUT2D eigenvalue weighted by Crippen LogP contribution is -2.37. The molecule has 5 nitrogen and oxygen atoms in total. The molecule has 0 saturated heterocycles. The number of hydrogen-bond acceptors (Lipinski definition) is 4. The first-order valence-electron chi connectivity index (χ1n) is 6.03. The maximum Gasteiger partial charge on any atom is 0.242 e. The number of carbonyl (C=O) groups excluding carboxylic acids is 1. The molecule has 1 atom stereocenters. The molecule has 0 aliphatic carbocycles. The molecule has 0 bridgehead atoms. The van der Waals surface area contributed by atoms with Crippen LogP contribution in [-0.2, 0) is 4.79 Å². The molecule has 1 aromatic heterocycles. The van der Waals surface area contributed by atoms with E-state index in [1.165, 1.54) is 0 Å². The lowest BCUT2D eigenvalue weighted by molar-refractivity contribution is -0.121. The van der Waals surface area contributed by atoms with Gasteiger partial charge in [-0.1, -0.05) is 5.92 Å². The van der Waals surface area contributed by atoms with E-state index in [0.29, 0.717) is 5.82 Å². The van der Waals surface area contributed by atoms with Gasteiger partial charge in [0.2, 0.25) is 5.91 Å². The molecule has 1 unspecified atom stereocenters. The summed E-state index contributed by atoms with van der Waals surface area (Å²) in [4.78, 5) is 15.8. The molecule has 1 aromatic rings. The Kier molecular flexibility index (Phi) is 4.16. The number of allylic oxidation sites excluding steroid dienone is 1. The van der Waals surface area contributed by atoms with Gasteiger partial charge in [0.1, 0.15) is 12.1 Å². The van der Waals surface area contributed by atoms with Crippen LogP contribution < -0.4 is 11.1 Å². The summed E-state index contributed by atoms with van der Waals surface area (Å²) in [7, 11) is 0. The highest BCUT2D eigenvalue weighted by Gasteiger charge is 2.11. The summed E-state index contributed by atoms with van der Waals surface area (Å²) in [6, 6.07) is 1.23. The number of rotatable bonds is 2. The highest BCUT2D eigenvalue weighted by Crippen LogP contribution is 2.08. The van der Waals surface area contributed by atoms with Crippen molar-refractivity contribution in [1.82, 2.24) is 5.32 Å². The van der Waals surface area contributed by atoms with E-state index in [1.807, 2.05) is 6.08 Å². The summed E-state index contributed by atoms with van der Waals surface area (Å²) in [6.45, 7) is 1.63. The number of nitrogens with one attached hydrogen (secondary N) is 1. The molecule has 3 N–H and O–H groups in total. The smallest absolute Gasteiger partial charge is 0.242 e. The summed E-state index contributed by atoms with van der Waals surface area (Å²) in [6.07, 6.45) is 6.57. The van der Waals surface area contributed by atoms with Gasteiger partial charge in [0.15, 0.2) is 0 Å². The van der Waals surface area contributed by atoms with Gasteiger partial charge in [-0.2, -0.15) is 0 Å². The van der Waals surface area contributed by atoms with Gasteiger partial charge in [-0.15, -0.1) is 0 Å². The first kappa shape index (κ1) is 13.1. The van der Waals surface area contributed by atoms with Crippen LogP contribution in [0.1, 0.15) is 25.3 Å². The third kappa shape index (κ3) is 3.83. The van der Waals surface area contributed by atoms with Crippen molar-refractivity contribution < 1.29 is 9.21 Å². The minimum atomic E-state index is -0.557. The molecule has 2 rings (SSSR count). The number of furan rings is 1. The highest BCUT2D eigenvalue weighted by molar-refractivity contribution is 6.02. The van der Waals surface area contributed by atoms with Gasteiger partial charge in [0.05, 0.1) is 23.6 Å². The van der Waals surface area contributed by atoms with Gasteiger partial charge >= 0.3 is 0 Å². The van der Waals surface area contributed by atoms with E-state index >= 15 is 0 Å². The second-order valence-electron chi connectivity index (χ2n) is 4.23. The second kappa shape index (κ2) is 6.03. The topological polar surface area (TPSA) is 80.6 Å². The zero-order chi connectivity index (χ0) is 13.7. The average molecular weight is 257 g/mol. The Labute approximate surface area is 111 Å². The summed E-state index contributed by atoms with van der Waals surface area (Å²) in [5, 5.41) is 2.66. The molecular formula is C14H15N3O2. The summed E-state index contributed by atoms with van der Waals surface area (Å²) in [5.41, 5.74) is 7.03. The van der Waals surface area contributed by atoms with Crippen molar-refractivity contribution >= 4 is 11.6 Å². The van der Waals surface area contributed by atoms with Crippen LogP contribution in [0, 0.1) is 11.8 Å². The number of hydrogen-bond donors (Lipinski definition) is 2. The SMILES string of the molecule is CC(N)C(=O)NC1=CCCC(C#Cc2ccoc2)=N1. The Morgan fingerprint density at radius 2 is 2.42 bits per heavy atom. The average Bonchev–Trinajstić information content (AvgIpc) is 2.90. The number of carbonyl (C=O) groups is 1. The first-order valence-corrected chi connectivity index (χ1v) is 6.03. The van der Waals surface area contributed by atoms with Crippen molar-refractivity contribution in [1.29, 1.82) is 0 Å². The van der Waals surface area contributed by atoms with E-state index < -0.39 is 6.04 Å². The summed E-state index contributed by atoms with van der Waals surface area (Å²) >= 11 is 0. The lowest BCUT2D eigenvalue weighted by atomic mass is 10.1. The Morgan fingerprint density at radius 1 is 1.58 bits per heavy atom. The molecule has 0 aromatic carbocycles. The van der Waals surface area contributed by atoms with E-state index in [-0.39, 0.29) is 5.91 Å². The Balaban J connectivity index is 2.05. The van der Waals surface area contributed by atoms with Gasteiger partial charge in [-0.3, -0.25) is 4.79 Å². The van der Waals surface area contributed by atoms with Gasteiger partial charge in [-0.25, -0.2) is 4.99 Å². The van der Waals surface area contributed by atoms with Crippen molar-refractivity contribution in [2.75, 3.05) is 0 Å². The maximum absolute atomic E-state index is 11.5. The maximum atomic E-state index is 11.5. The molecule has 19 heavy (non-hydrogen) atoms. The molecule has 98 valence electrons. The van der Waals surface area contributed by atoms with Crippen molar-refractivity contribution in [3.05, 3.63) is 36.1 Å². The fraction of sp³-hybridized carbons (Fsp3) is 0.286. The predicted molar refractivity (Wildman–Crippen MR) is 72.1 cm³/mol. The minimum Gasteiger partial charge on any atom is -0.471 e. The van der Waals surface area contributed by atoms with Crippen LogP contribution in [0.4, 0.5) is 0 Å². The molecule has 5 heteroatoms. The van der Waals surface area contributed by atoms with Gasteiger partial charge < -0.3 is 15.5 Å². The number of aliphatic imine (C=N–C) groups is 1. The molecule has 1 aliphatic rings. The Bertz CT molecular complexity index is 572. The molecule has 0 spiro atoms. The van der Waals surface area contributed by atoms with Crippen LogP contribution in [0.25, 0.3) is 0 Å². The van der Waals surface area contributed by atoms with E-state index in [2.05, 4.69) is 22.2 Å². The summed E-state index contributed by atoms with van der Waals surface area (Å²) in [5.74, 6) is 6.19. The quantitative estimate of drug-likeness (QED) is 0.780. The molecule has 0 fully saturated rings. The molecule has 0 saturated carbocycles. The normalized spacial score (nSPS) is 15.7. The standard InChI is InChI=1S/C14H15N3O2/c1-10(15)14(18)17-13-4-2-3-12(16-13)6-5-11-7-8-19-9-11/h4,7-10H,2-3,15H2,1H3,(H,17,18). The first-order chi connectivity index (χ1) is 9.15. The second-order valence-corrected chi connectivity index (χ2v) is 4.23. The zero-order valence-corrected chi connectivity index (χ0v) is 10.6. The number of nitrogens with two attached hydrogens (primary N) is 1. The van der Waals surface area contributed by atoms with Gasteiger partial charge in [0.25, 0.3) is 0 Å². The van der Waals surface area contributed by atoms with Crippen molar-refractivity contribution in [3.63, 3.8) is 0 Å². The third-order valence-electron chi connectivity index (χ3n) is 2.51. The fourth-order valence-corrected chi connectivity index (χ4v) is 1.48. The lowest BCUT2D eigenvalue weighted by Gasteiger charge is -2.12. The van der Waals surface area contributed by atoms with Crippen LogP contribution in [-0.4, -0.2) is 17.7 Å². The van der Waals surface area contributed by atoms with E-state index in [1.54, 1.807) is 25.5 Å². The van der Waals surface area contributed by atoms with Crippen LogP contribution in [0.15, 0.2) is 39.9 Å². The van der Waals surface area contributed by atoms with Crippen LogP contribution >= 0.6 is 0 Å². The molecule has 1 aliphatic heterocycles. The minimum absolute atomic E-state index is 0.251. The number of nitrogens with zero attached hydrogens (tertiary/aromatic N) is 1. The largest absolute Gasteiger partial charge is 0.471 e. The summed E-state index contributed by atoms with van der Waals surface area (Å²) < 4.78 is 4.93. The van der Waals surface area contributed by atoms with Crippen molar-refractivity contribution in [3.8, 4) is 11.8 Å². The van der Waals surface area contributed by atoms with Crippen molar-refractivity contribution in [2.45, 2.75) is 25.8 Å². The van der Waals surface area contributed by atoms with E-state index in [4.69, 9.17) is 10.2 Å². The molecule has 2 heterocycles. The predicted octanol–water partition coefficient (Wildman–Crippen LogP) is 1.17. The van der Waals surface area contributed by atoms with Crippen LogP contribution in [0.5, 0.6) is 0 Å². The Morgan fingerprint density at radius 3 is 3.11 bits per heavy atom. The van der Waals surface area contributed by atoms with E-state index in [0.717, 1.165) is 24.1 Å². The van der Waals surface area contributed by atoms with Gasteiger partial charge in [0, 0.05) is 6.42 Å². The molecule has 1 amide bonds. The number of amides is 1. The third-order valence-corrected chi connectivity index (χ3v) is 2.51.